The standard InChI is InChI=1S/C13H18N2O2/c16-11-6-4-5-10(9-11)15-13(17)12-7-2-1-3-8-14-12/h4-6,9,12,14,16H,1-3,7-8H2,(H,15,17). The highest BCUT2D eigenvalue weighted by Crippen LogP contribution is 2.16. The first-order valence-electron chi connectivity index (χ1n) is 6.09. The van der Waals surface area contributed by atoms with Crippen molar-refractivity contribution in [3.63, 3.8) is 0 Å². The third-order valence-electron chi connectivity index (χ3n) is 2.99. The predicted molar refractivity (Wildman–Crippen MR) is 67.0 cm³/mol. The number of carbonyl (C=O) groups excluding carboxylic acids is 1. The van der Waals surface area contributed by atoms with Crippen molar-refractivity contribution in [2.45, 2.75) is 31.7 Å². The number of phenolic OH excluding ortho intramolecular Hbond substituents is 1. The number of aromatic hydroxyl groups is 1. The zero-order valence-corrected chi connectivity index (χ0v) is 9.78. The number of amides is 1. The van der Waals surface area contributed by atoms with Crippen LogP contribution in [-0.4, -0.2) is 23.6 Å². The van der Waals surface area contributed by atoms with Crippen molar-refractivity contribution in [2.24, 2.45) is 0 Å². The Morgan fingerprint density at radius 1 is 1.35 bits per heavy atom. The Hall–Kier alpha value is -1.55. The van der Waals surface area contributed by atoms with E-state index >= 15 is 0 Å². The topological polar surface area (TPSA) is 61.4 Å². The average molecular weight is 234 g/mol. The molecule has 17 heavy (non-hydrogen) atoms. The second-order valence-corrected chi connectivity index (χ2v) is 4.40. The molecule has 0 radical (unpaired) electrons. The van der Waals surface area contributed by atoms with Crippen LogP contribution in [0.15, 0.2) is 24.3 Å². The third-order valence-corrected chi connectivity index (χ3v) is 2.99. The maximum Gasteiger partial charge on any atom is 0.241 e. The number of hydrogen-bond acceptors (Lipinski definition) is 3. The minimum absolute atomic E-state index is 0.0162. The molecule has 0 aliphatic carbocycles. The smallest absolute Gasteiger partial charge is 0.241 e. The van der Waals surface area contributed by atoms with Crippen LogP contribution in [0.4, 0.5) is 5.69 Å². The molecule has 92 valence electrons. The molecule has 0 bridgehead atoms. The van der Waals surface area contributed by atoms with E-state index in [9.17, 15) is 9.90 Å². The lowest BCUT2D eigenvalue weighted by molar-refractivity contribution is -0.118. The van der Waals surface area contributed by atoms with Gasteiger partial charge in [0, 0.05) is 11.8 Å². The number of phenols is 1. The number of rotatable bonds is 2. The van der Waals surface area contributed by atoms with Crippen LogP contribution in [-0.2, 0) is 4.79 Å². The van der Waals surface area contributed by atoms with Crippen LogP contribution >= 0.6 is 0 Å². The van der Waals surface area contributed by atoms with Crippen molar-refractivity contribution in [1.82, 2.24) is 5.32 Å². The van der Waals surface area contributed by atoms with E-state index in [0.717, 1.165) is 25.8 Å². The van der Waals surface area contributed by atoms with E-state index in [0.29, 0.717) is 5.69 Å². The minimum Gasteiger partial charge on any atom is -0.508 e. The molecule has 1 aromatic rings. The molecular weight excluding hydrogens is 216 g/mol. The van der Waals surface area contributed by atoms with Crippen LogP contribution in [0.1, 0.15) is 25.7 Å². The van der Waals surface area contributed by atoms with Crippen molar-refractivity contribution in [2.75, 3.05) is 11.9 Å². The lowest BCUT2D eigenvalue weighted by Crippen LogP contribution is -2.39. The molecule has 2 rings (SSSR count). The third kappa shape index (κ3) is 3.46. The van der Waals surface area contributed by atoms with Gasteiger partial charge in [0.2, 0.25) is 5.91 Å². The highest BCUT2D eigenvalue weighted by molar-refractivity contribution is 5.94. The maximum atomic E-state index is 12.0. The van der Waals surface area contributed by atoms with Gasteiger partial charge in [0.25, 0.3) is 0 Å². The molecule has 3 N–H and O–H groups in total. The van der Waals surface area contributed by atoms with Crippen LogP contribution in [0.3, 0.4) is 0 Å². The fourth-order valence-electron chi connectivity index (χ4n) is 2.07. The number of carbonyl (C=O) groups is 1. The van der Waals surface area contributed by atoms with E-state index in [4.69, 9.17) is 0 Å². The highest BCUT2D eigenvalue weighted by Gasteiger charge is 2.19. The van der Waals surface area contributed by atoms with Gasteiger partial charge in [-0.05, 0) is 31.5 Å². The Labute approximate surface area is 101 Å². The van der Waals surface area contributed by atoms with Crippen molar-refractivity contribution >= 4 is 11.6 Å². The molecule has 1 heterocycles. The molecule has 1 aliphatic rings. The van der Waals surface area contributed by atoms with Crippen molar-refractivity contribution < 1.29 is 9.90 Å². The first-order chi connectivity index (χ1) is 8.25. The highest BCUT2D eigenvalue weighted by atomic mass is 16.3. The first-order valence-corrected chi connectivity index (χ1v) is 6.09. The summed E-state index contributed by atoms with van der Waals surface area (Å²) in [6.45, 7) is 0.901. The summed E-state index contributed by atoms with van der Waals surface area (Å²) in [7, 11) is 0. The zero-order valence-electron chi connectivity index (χ0n) is 9.78. The second-order valence-electron chi connectivity index (χ2n) is 4.40. The van der Waals surface area contributed by atoms with E-state index in [1.165, 1.54) is 6.42 Å². The fraction of sp³-hybridized carbons (Fsp3) is 0.462. The molecular formula is C13H18N2O2. The van der Waals surface area contributed by atoms with Gasteiger partial charge in [-0.15, -0.1) is 0 Å². The number of benzene rings is 1. The van der Waals surface area contributed by atoms with E-state index in [1.54, 1.807) is 24.3 Å². The van der Waals surface area contributed by atoms with Crippen LogP contribution in [0.25, 0.3) is 0 Å². The minimum atomic E-state index is -0.111. The second kappa shape index (κ2) is 5.68. The normalized spacial score (nSPS) is 20.6. The maximum absolute atomic E-state index is 12.0. The monoisotopic (exact) mass is 234 g/mol. The van der Waals surface area contributed by atoms with Crippen LogP contribution in [0.2, 0.25) is 0 Å². The summed E-state index contributed by atoms with van der Waals surface area (Å²) in [5.41, 5.74) is 0.640. The summed E-state index contributed by atoms with van der Waals surface area (Å²) in [5, 5.41) is 15.4. The molecule has 1 amide bonds. The Kier molecular flexibility index (Phi) is 3.98. The van der Waals surface area contributed by atoms with E-state index in [1.807, 2.05) is 0 Å². The summed E-state index contributed by atoms with van der Waals surface area (Å²) < 4.78 is 0. The predicted octanol–water partition coefficient (Wildman–Crippen LogP) is 1.86. The van der Waals surface area contributed by atoms with Gasteiger partial charge in [0.05, 0.1) is 6.04 Å². The molecule has 1 aliphatic heterocycles. The molecule has 1 aromatic carbocycles. The van der Waals surface area contributed by atoms with Gasteiger partial charge in [0.15, 0.2) is 0 Å². The van der Waals surface area contributed by atoms with Gasteiger partial charge in [-0.2, -0.15) is 0 Å². The molecule has 1 fully saturated rings. The van der Waals surface area contributed by atoms with Gasteiger partial charge in [-0.1, -0.05) is 18.9 Å². The first kappa shape index (κ1) is 11.9. The SMILES string of the molecule is O=C(Nc1cccc(O)c1)C1CCCCCN1. The summed E-state index contributed by atoms with van der Waals surface area (Å²) >= 11 is 0. The summed E-state index contributed by atoms with van der Waals surface area (Å²) in [6.07, 6.45) is 4.29. The molecule has 4 heteroatoms. The molecule has 1 unspecified atom stereocenters. The lowest BCUT2D eigenvalue weighted by Gasteiger charge is -2.15. The van der Waals surface area contributed by atoms with Gasteiger partial charge >= 0.3 is 0 Å². The Bertz CT molecular complexity index is 385. The van der Waals surface area contributed by atoms with Gasteiger partial charge in [-0.3, -0.25) is 4.79 Å². The fourth-order valence-corrected chi connectivity index (χ4v) is 2.07. The lowest BCUT2D eigenvalue weighted by atomic mass is 10.1. The molecule has 0 spiro atoms. The van der Waals surface area contributed by atoms with Crippen LogP contribution < -0.4 is 10.6 Å². The molecule has 1 atom stereocenters. The average Bonchev–Trinajstić information content (AvgIpc) is 2.57. The molecule has 0 aromatic heterocycles. The van der Waals surface area contributed by atoms with Crippen LogP contribution in [0.5, 0.6) is 5.75 Å². The molecule has 1 saturated heterocycles. The largest absolute Gasteiger partial charge is 0.508 e. The Balaban J connectivity index is 1.95. The quantitative estimate of drug-likeness (QED) is 0.732. The van der Waals surface area contributed by atoms with E-state index in [-0.39, 0.29) is 17.7 Å². The Morgan fingerprint density at radius 2 is 2.24 bits per heavy atom. The van der Waals surface area contributed by atoms with E-state index in [2.05, 4.69) is 10.6 Å². The van der Waals surface area contributed by atoms with Gasteiger partial charge in [-0.25, -0.2) is 0 Å². The van der Waals surface area contributed by atoms with Gasteiger partial charge in [0.1, 0.15) is 5.75 Å². The van der Waals surface area contributed by atoms with Crippen molar-refractivity contribution in [3.05, 3.63) is 24.3 Å². The number of anilines is 1. The summed E-state index contributed by atoms with van der Waals surface area (Å²) in [6, 6.07) is 6.51. The zero-order chi connectivity index (χ0) is 12.1. The Morgan fingerprint density at radius 3 is 3.06 bits per heavy atom. The number of nitrogens with one attached hydrogen (secondary N) is 2. The summed E-state index contributed by atoms with van der Waals surface area (Å²) in [5.74, 6) is 0.147. The van der Waals surface area contributed by atoms with Gasteiger partial charge < -0.3 is 15.7 Å². The molecule has 0 saturated carbocycles. The van der Waals surface area contributed by atoms with Crippen molar-refractivity contribution in [3.8, 4) is 5.75 Å². The molecule has 4 nitrogen and oxygen atoms in total. The van der Waals surface area contributed by atoms with E-state index < -0.39 is 0 Å². The van der Waals surface area contributed by atoms with Crippen molar-refractivity contribution in [1.29, 1.82) is 0 Å². The number of hydrogen-bond donors (Lipinski definition) is 3. The summed E-state index contributed by atoms with van der Waals surface area (Å²) in [4.78, 5) is 12.0. The van der Waals surface area contributed by atoms with Crippen LogP contribution in [0, 0.1) is 0 Å².